The maximum atomic E-state index is 11.7. The minimum absolute atomic E-state index is 0.894. The number of rotatable bonds is 19. The van der Waals surface area contributed by atoms with Crippen molar-refractivity contribution in [2.24, 2.45) is 0 Å². The molecule has 0 amide bonds. The Morgan fingerprint density at radius 3 is 0.654 bits per heavy atom. The second kappa shape index (κ2) is 27.5. The molecule has 7 rings (SSSR count). The lowest BCUT2D eigenvalue weighted by Crippen LogP contribution is -2.69. The highest BCUT2D eigenvalue weighted by molar-refractivity contribution is 5.01. The van der Waals surface area contributed by atoms with Crippen molar-refractivity contribution in [3.63, 3.8) is 0 Å². The van der Waals surface area contributed by atoms with Crippen LogP contribution in [-0.2, 0) is 61.6 Å². The lowest BCUT2D eigenvalue weighted by molar-refractivity contribution is -0.400. The van der Waals surface area contributed by atoms with Crippen LogP contribution in [0.25, 0.3) is 0 Å². The van der Waals surface area contributed by atoms with Gasteiger partial charge in [0.05, 0.1) is 46.2 Å². The van der Waals surface area contributed by atoms with E-state index in [2.05, 4.69) is 0 Å². The fourth-order valence-electron chi connectivity index (χ4n) is 9.98. The minimum atomic E-state index is -2.33. The smallest absolute Gasteiger partial charge is 0.187 e. The molecule has 0 aromatic carbocycles. The van der Waals surface area contributed by atoms with Gasteiger partial charge in [0.1, 0.15) is 171 Å². The second-order valence-electron chi connectivity index (χ2n) is 19.6. The highest BCUT2D eigenvalue weighted by atomic mass is 16.8. The number of hydrogen-bond donors (Lipinski definition) is 23. The number of aliphatic hydroxyl groups is 23. The monoisotopic (exact) mass is 1150 g/mol. The van der Waals surface area contributed by atoms with Gasteiger partial charge < -0.3 is 179 Å². The topological polar surface area (TPSA) is 585 Å². The molecule has 456 valence electrons. The van der Waals surface area contributed by atoms with E-state index in [4.69, 9.17) is 61.6 Å². The van der Waals surface area contributed by atoms with E-state index in [1.807, 2.05) is 0 Å². The summed E-state index contributed by atoms with van der Waals surface area (Å²) in [6.45, 7) is -7.06. The van der Waals surface area contributed by atoms with Crippen LogP contribution in [0.3, 0.4) is 0 Å². The van der Waals surface area contributed by atoms with Crippen LogP contribution in [0.4, 0.5) is 0 Å². The molecule has 36 heteroatoms. The van der Waals surface area contributed by atoms with Crippen molar-refractivity contribution >= 4 is 0 Å². The van der Waals surface area contributed by atoms with E-state index in [0.29, 0.717) is 0 Å². The van der Waals surface area contributed by atoms with Crippen molar-refractivity contribution < 1.29 is 179 Å². The molecular weight excluding hydrogens is 1080 g/mol. The van der Waals surface area contributed by atoms with E-state index in [1.165, 1.54) is 0 Å². The van der Waals surface area contributed by atoms with Crippen LogP contribution in [0.5, 0.6) is 0 Å². The minimum Gasteiger partial charge on any atom is -0.394 e. The Kier molecular flexibility index (Phi) is 22.6. The van der Waals surface area contributed by atoms with Gasteiger partial charge in [-0.1, -0.05) is 0 Å². The first-order valence-electron chi connectivity index (χ1n) is 24.7. The summed E-state index contributed by atoms with van der Waals surface area (Å²) in [7, 11) is 0. The molecule has 35 unspecified atom stereocenters. The predicted octanol–water partition coefficient (Wildman–Crippen LogP) is -16.3. The number of hydrogen-bond acceptors (Lipinski definition) is 36. The average molecular weight is 1150 g/mol. The zero-order valence-electron chi connectivity index (χ0n) is 40.8. The number of aliphatic hydroxyl groups excluding tert-OH is 23. The Morgan fingerprint density at radius 1 is 0.192 bits per heavy atom. The van der Waals surface area contributed by atoms with Gasteiger partial charge in [0, 0.05) is 0 Å². The third kappa shape index (κ3) is 12.9. The van der Waals surface area contributed by atoms with Crippen molar-refractivity contribution in [1.29, 1.82) is 0 Å². The molecule has 0 aromatic heterocycles. The summed E-state index contributed by atoms with van der Waals surface area (Å²) in [5, 5.41) is 246. The highest BCUT2D eigenvalue weighted by Gasteiger charge is 2.59. The fraction of sp³-hybridized carbons (Fsp3) is 1.00. The highest BCUT2D eigenvalue weighted by Crippen LogP contribution is 2.38. The molecular formula is C42H72O36. The van der Waals surface area contributed by atoms with Crippen molar-refractivity contribution in [3.05, 3.63) is 0 Å². The zero-order chi connectivity index (χ0) is 57.3. The molecule has 0 aliphatic carbocycles. The first-order valence-corrected chi connectivity index (χ1v) is 24.7. The van der Waals surface area contributed by atoms with Gasteiger partial charge in [-0.25, -0.2) is 0 Å². The van der Waals surface area contributed by atoms with E-state index >= 15 is 0 Å². The molecule has 0 bridgehead atoms. The molecule has 23 N–H and O–H groups in total. The van der Waals surface area contributed by atoms with Gasteiger partial charge in [-0.2, -0.15) is 0 Å². The van der Waals surface area contributed by atoms with E-state index in [0.717, 1.165) is 0 Å². The van der Waals surface area contributed by atoms with Crippen LogP contribution in [0.1, 0.15) is 0 Å². The van der Waals surface area contributed by atoms with Crippen molar-refractivity contribution in [1.82, 2.24) is 0 Å². The van der Waals surface area contributed by atoms with Crippen molar-refractivity contribution in [2.45, 2.75) is 215 Å². The molecule has 7 aliphatic heterocycles. The molecule has 0 spiro atoms. The van der Waals surface area contributed by atoms with E-state index in [1.54, 1.807) is 0 Å². The number of ether oxygens (including phenoxy) is 13. The predicted molar refractivity (Wildman–Crippen MR) is 232 cm³/mol. The summed E-state index contributed by atoms with van der Waals surface area (Å²) < 4.78 is 72.2. The van der Waals surface area contributed by atoms with Crippen LogP contribution < -0.4 is 0 Å². The molecule has 7 heterocycles. The third-order valence-electron chi connectivity index (χ3n) is 14.5. The first-order chi connectivity index (χ1) is 37.0. The van der Waals surface area contributed by atoms with Crippen molar-refractivity contribution in [3.8, 4) is 0 Å². The van der Waals surface area contributed by atoms with Gasteiger partial charge in [0.15, 0.2) is 44.0 Å². The summed E-state index contributed by atoms with van der Waals surface area (Å²) in [5.74, 6) is 0. The summed E-state index contributed by atoms with van der Waals surface area (Å²) in [4.78, 5) is 0. The average Bonchev–Trinajstić information content (AvgIpc) is 3.46. The normalized spacial score (nSPS) is 53.5. The Labute approximate surface area is 439 Å². The zero-order valence-corrected chi connectivity index (χ0v) is 40.8. The van der Waals surface area contributed by atoms with Crippen LogP contribution in [0, 0.1) is 0 Å². The Bertz CT molecular complexity index is 1820. The quantitative estimate of drug-likeness (QED) is 0.0571. The molecule has 78 heavy (non-hydrogen) atoms. The van der Waals surface area contributed by atoms with Crippen LogP contribution >= 0.6 is 0 Å². The molecule has 35 atom stereocenters. The second-order valence-corrected chi connectivity index (χ2v) is 19.6. The Balaban J connectivity index is 1.06. The third-order valence-corrected chi connectivity index (χ3v) is 14.5. The largest absolute Gasteiger partial charge is 0.394 e. The summed E-state index contributed by atoms with van der Waals surface area (Å²) in [6, 6.07) is 0. The summed E-state index contributed by atoms with van der Waals surface area (Å²) in [5.41, 5.74) is 0. The SMILES string of the molecule is OCC1OC(OC2C(O)C(CO)OC(OC3C(O)C(CO)OC(OC4C(O)C(CO)OC(OC5C(O)C(CO)OC(OC6C(O)C(CO)OC(OC7C(CO)OC(O)C(O)C7O)C6O)C5O)C4O)C3O)C2O)C(O)C(O)C1O. The first kappa shape index (κ1) is 64.1. The molecule has 7 fully saturated rings. The molecule has 0 aromatic rings. The lowest BCUT2D eigenvalue weighted by atomic mass is 9.95. The molecule has 0 radical (unpaired) electrons. The van der Waals surface area contributed by atoms with Gasteiger partial charge in [-0.15, -0.1) is 0 Å². The lowest BCUT2D eigenvalue weighted by Gasteiger charge is -2.50. The Hall–Kier alpha value is -1.44. The van der Waals surface area contributed by atoms with Gasteiger partial charge in [0.25, 0.3) is 0 Å². The molecule has 7 aliphatic rings. The summed E-state index contributed by atoms with van der Waals surface area (Å²) >= 11 is 0. The van der Waals surface area contributed by atoms with Crippen LogP contribution in [0.2, 0.25) is 0 Å². The summed E-state index contributed by atoms with van der Waals surface area (Å²) in [6.07, 6.45) is -70.0. The maximum Gasteiger partial charge on any atom is 0.187 e. The van der Waals surface area contributed by atoms with E-state index in [9.17, 15) is 117 Å². The molecule has 0 saturated carbocycles. The standard InChI is InChI=1S/C42H72O36/c43-1-8-15(50)21(56)24(59)37(67-8)74-31-16(51)10(3-45)69-39(26(31)61)76-33-18(53)12(5-47)71-41(28(33)63)78-35-20(55)13(6-48)72-42(29(35)64)77-34-19(54)11(4-46)70-40(27(34)62)75-32-17(52)9(2-44)68-38(25(32)60)73-30-14(7-49)66-36(65)23(58)22(30)57/h8-65H,1-7H2. The van der Waals surface area contributed by atoms with Crippen molar-refractivity contribution in [2.75, 3.05) is 46.2 Å². The van der Waals surface area contributed by atoms with Gasteiger partial charge >= 0.3 is 0 Å². The molecule has 36 nitrogen and oxygen atoms in total. The Morgan fingerprint density at radius 2 is 0.410 bits per heavy atom. The molecule has 7 saturated heterocycles. The van der Waals surface area contributed by atoms with Crippen LogP contribution in [0.15, 0.2) is 0 Å². The van der Waals surface area contributed by atoms with Gasteiger partial charge in [0.2, 0.25) is 0 Å². The fourth-order valence-corrected chi connectivity index (χ4v) is 9.98. The van der Waals surface area contributed by atoms with Gasteiger partial charge in [-0.3, -0.25) is 0 Å². The van der Waals surface area contributed by atoms with Crippen LogP contribution in [-0.4, -0.2) is 379 Å². The maximum absolute atomic E-state index is 11.7. The van der Waals surface area contributed by atoms with E-state index in [-0.39, 0.29) is 0 Å². The van der Waals surface area contributed by atoms with Gasteiger partial charge in [-0.05, 0) is 0 Å². The van der Waals surface area contributed by atoms with E-state index < -0.39 is 261 Å².